The number of hydrogen-bond donors (Lipinski definition) is 0. The number of allylic oxidation sites excluding steroid dienone is 1. The lowest BCUT2D eigenvalue weighted by atomic mass is 10.1. The van der Waals surface area contributed by atoms with E-state index < -0.39 is 11.7 Å². The van der Waals surface area contributed by atoms with Crippen molar-refractivity contribution in [1.29, 1.82) is 0 Å². The lowest BCUT2D eigenvalue weighted by Crippen LogP contribution is -2.09. The topological polar surface area (TPSA) is 52.3 Å². The Hall–Kier alpha value is -3.35. The lowest BCUT2D eigenvalue weighted by molar-refractivity contribution is -0.139. The van der Waals surface area contributed by atoms with Crippen molar-refractivity contribution in [2.45, 2.75) is 19.7 Å². The number of benzene rings is 2. The van der Waals surface area contributed by atoms with Gasteiger partial charge in [0.05, 0.1) is 5.56 Å². The molecular formula is C21H16F3NO3. The molecule has 0 radical (unpaired) electrons. The molecule has 3 rings (SSSR count). The van der Waals surface area contributed by atoms with Crippen molar-refractivity contribution in [3.8, 4) is 17.2 Å². The molecule has 4 nitrogen and oxygen atoms in total. The number of aryl methyl sites for hydroxylation is 1. The minimum absolute atomic E-state index is 0.172. The zero-order chi connectivity index (χ0) is 20.1. The molecule has 28 heavy (non-hydrogen) atoms. The van der Waals surface area contributed by atoms with Gasteiger partial charge in [-0.05, 0) is 42.8 Å². The minimum atomic E-state index is -4.60. The van der Waals surface area contributed by atoms with Crippen LogP contribution in [0.5, 0.6) is 5.75 Å². The standard InChI is InChI=1S/C21H16F3NO3/c1-14-18(25-20(28-14)16-7-3-2-4-8-16)13-27-19-10-9-15(6-5-11-26)12-17(19)21(22,23)24/h2-12H,13H2,1H3. The summed E-state index contributed by atoms with van der Waals surface area (Å²) in [6, 6.07) is 12.8. The third-order valence-electron chi connectivity index (χ3n) is 3.95. The Balaban J connectivity index is 1.84. The number of ether oxygens (including phenoxy) is 1. The van der Waals surface area contributed by atoms with Gasteiger partial charge < -0.3 is 9.15 Å². The van der Waals surface area contributed by atoms with E-state index in [0.29, 0.717) is 23.6 Å². The van der Waals surface area contributed by atoms with E-state index in [2.05, 4.69) is 4.98 Å². The van der Waals surface area contributed by atoms with E-state index in [9.17, 15) is 18.0 Å². The molecule has 2 aromatic carbocycles. The SMILES string of the molecule is Cc1oc(-c2ccccc2)nc1COc1ccc(C=CC=O)cc1C(F)(F)F. The molecule has 1 heterocycles. The summed E-state index contributed by atoms with van der Waals surface area (Å²) >= 11 is 0. The zero-order valence-corrected chi connectivity index (χ0v) is 14.9. The molecule has 0 aliphatic carbocycles. The van der Waals surface area contributed by atoms with Gasteiger partial charge in [0, 0.05) is 5.56 Å². The number of alkyl halides is 3. The van der Waals surface area contributed by atoms with Crippen LogP contribution in [0.1, 0.15) is 22.6 Å². The van der Waals surface area contributed by atoms with Crippen molar-refractivity contribution >= 4 is 12.4 Å². The molecule has 0 aliphatic rings. The number of rotatable bonds is 6. The first-order valence-corrected chi connectivity index (χ1v) is 8.36. The number of oxazole rings is 1. The number of hydrogen-bond acceptors (Lipinski definition) is 4. The number of aldehydes is 1. The molecule has 1 aromatic heterocycles. The number of carbonyl (C=O) groups is 1. The highest BCUT2D eigenvalue weighted by molar-refractivity contribution is 5.74. The molecule has 0 saturated heterocycles. The second-order valence-corrected chi connectivity index (χ2v) is 5.93. The predicted octanol–water partition coefficient (Wildman–Crippen LogP) is 5.46. The van der Waals surface area contributed by atoms with Crippen molar-refractivity contribution in [3.05, 3.63) is 77.2 Å². The number of halogens is 3. The second kappa shape index (κ2) is 8.12. The van der Waals surface area contributed by atoms with Gasteiger partial charge in [0.25, 0.3) is 0 Å². The fraction of sp³-hybridized carbons (Fsp3) is 0.143. The van der Waals surface area contributed by atoms with Crippen LogP contribution in [-0.4, -0.2) is 11.3 Å². The van der Waals surface area contributed by atoms with Crippen LogP contribution in [0, 0.1) is 6.92 Å². The maximum absolute atomic E-state index is 13.4. The van der Waals surface area contributed by atoms with Crippen LogP contribution < -0.4 is 4.74 Å². The van der Waals surface area contributed by atoms with Crippen LogP contribution in [0.15, 0.2) is 59.0 Å². The summed E-state index contributed by atoms with van der Waals surface area (Å²) in [5.74, 6) is 0.527. The molecule has 7 heteroatoms. The van der Waals surface area contributed by atoms with Gasteiger partial charge in [0.15, 0.2) is 0 Å². The van der Waals surface area contributed by atoms with Gasteiger partial charge >= 0.3 is 6.18 Å². The van der Waals surface area contributed by atoms with Crippen molar-refractivity contribution in [2.24, 2.45) is 0 Å². The summed E-state index contributed by atoms with van der Waals surface area (Å²) in [5, 5.41) is 0. The van der Waals surface area contributed by atoms with Gasteiger partial charge in [-0.1, -0.05) is 30.3 Å². The summed E-state index contributed by atoms with van der Waals surface area (Å²) < 4.78 is 51.1. The molecular weight excluding hydrogens is 371 g/mol. The van der Waals surface area contributed by atoms with E-state index >= 15 is 0 Å². The van der Waals surface area contributed by atoms with Crippen LogP contribution in [0.2, 0.25) is 0 Å². The van der Waals surface area contributed by atoms with Crippen LogP contribution in [0.4, 0.5) is 13.2 Å². The van der Waals surface area contributed by atoms with Crippen LogP contribution in [0.3, 0.4) is 0 Å². The van der Waals surface area contributed by atoms with Crippen molar-refractivity contribution in [1.82, 2.24) is 4.98 Å². The lowest BCUT2D eigenvalue weighted by Gasteiger charge is -2.14. The molecule has 0 unspecified atom stereocenters. The quantitative estimate of drug-likeness (QED) is 0.416. The van der Waals surface area contributed by atoms with Crippen LogP contribution >= 0.6 is 0 Å². The third kappa shape index (κ3) is 4.49. The van der Waals surface area contributed by atoms with Gasteiger partial charge in [0.2, 0.25) is 5.89 Å². The summed E-state index contributed by atoms with van der Waals surface area (Å²) in [5.41, 5.74) is 0.497. The number of nitrogens with zero attached hydrogens (tertiary/aromatic N) is 1. The Bertz CT molecular complexity index is 992. The Morgan fingerprint density at radius 2 is 1.89 bits per heavy atom. The van der Waals surface area contributed by atoms with Crippen molar-refractivity contribution in [3.63, 3.8) is 0 Å². The molecule has 0 fully saturated rings. The zero-order valence-electron chi connectivity index (χ0n) is 14.9. The molecule has 0 N–H and O–H groups in total. The Morgan fingerprint density at radius 3 is 2.57 bits per heavy atom. The minimum Gasteiger partial charge on any atom is -0.487 e. The maximum Gasteiger partial charge on any atom is 0.419 e. The summed E-state index contributed by atoms with van der Waals surface area (Å²) in [6.45, 7) is 1.50. The smallest absolute Gasteiger partial charge is 0.419 e. The fourth-order valence-corrected chi connectivity index (χ4v) is 2.56. The molecule has 0 spiro atoms. The van der Waals surface area contributed by atoms with Gasteiger partial charge in [-0.25, -0.2) is 4.98 Å². The summed E-state index contributed by atoms with van der Waals surface area (Å²) in [7, 11) is 0. The summed E-state index contributed by atoms with van der Waals surface area (Å²) in [6.07, 6.45) is -1.69. The molecule has 0 atom stereocenters. The van der Waals surface area contributed by atoms with E-state index in [1.54, 1.807) is 6.92 Å². The van der Waals surface area contributed by atoms with Crippen molar-refractivity contribution < 1.29 is 27.1 Å². The van der Waals surface area contributed by atoms with E-state index in [-0.39, 0.29) is 17.9 Å². The molecule has 144 valence electrons. The first kappa shape index (κ1) is 19.4. The Labute approximate surface area is 159 Å². The van der Waals surface area contributed by atoms with E-state index in [4.69, 9.17) is 9.15 Å². The maximum atomic E-state index is 13.4. The van der Waals surface area contributed by atoms with Gasteiger partial charge in [0.1, 0.15) is 30.1 Å². The van der Waals surface area contributed by atoms with Crippen LogP contribution in [-0.2, 0) is 17.6 Å². The van der Waals surface area contributed by atoms with E-state index in [0.717, 1.165) is 17.7 Å². The summed E-state index contributed by atoms with van der Waals surface area (Å²) in [4.78, 5) is 14.7. The molecule has 0 aliphatic heterocycles. The van der Waals surface area contributed by atoms with E-state index in [1.807, 2.05) is 30.3 Å². The predicted molar refractivity (Wildman–Crippen MR) is 97.6 cm³/mol. The van der Waals surface area contributed by atoms with Crippen molar-refractivity contribution in [2.75, 3.05) is 0 Å². The number of carbonyl (C=O) groups excluding carboxylic acids is 1. The normalized spacial score (nSPS) is 11.7. The van der Waals surface area contributed by atoms with Crippen LogP contribution in [0.25, 0.3) is 17.5 Å². The van der Waals surface area contributed by atoms with Gasteiger partial charge in [-0.2, -0.15) is 13.2 Å². The highest BCUT2D eigenvalue weighted by Crippen LogP contribution is 2.37. The molecule has 0 bridgehead atoms. The molecule has 0 amide bonds. The molecule has 3 aromatic rings. The Kier molecular flexibility index (Phi) is 5.63. The van der Waals surface area contributed by atoms with Gasteiger partial charge in [-0.3, -0.25) is 4.79 Å². The molecule has 0 saturated carbocycles. The highest BCUT2D eigenvalue weighted by Gasteiger charge is 2.34. The Morgan fingerprint density at radius 1 is 1.14 bits per heavy atom. The van der Waals surface area contributed by atoms with E-state index in [1.165, 1.54) is 18.2 Å². The number of aromatic nitrogens is 1. The monoisotopic (exact) mass is 387 g/mol. The first-order valence-electron chi connectivity index (χ1n) is 8.36. The largest absolute Gasteiger partial charge is 0.487 e. The first-order chi connectivity index (χ1) is 13.4. The van der Waals surface area contributed by atoms with Gasteiger partial charge in [-0.15, -0.1) is 0 Å². The second-order valence-electron chi connectivity index (χ2n) is 5.93. The average molecular weight is 387 g/mol. The highest BCUT2D eigenvalue weighted by atomic mass is 19.4. The fourth-order valence-electron chi connectivity index (χ4n) is 2.56. The average Bonchev–Trinajstić information content (AvgIpc) is 3.05. The third-order valence-corrected chi connectivity index (χ3v) is 3.95.